The summed E-state index contributed by atoms with van der Waals surface area (Å²) in [5.74, 6) is -0.0509. The summed E-state index contributed by atoms with van der Waals surface area (Å²) in [6, 6.07) is 4.66. The van der Waals surface area contributed by atoms with Gasteiger partial charge in [0, 0.05) is 25.4 Å². The minimum Gasteiger partial charge on any atom is -0.357 e. The van der Waals surface area contributed by atoms with Gasteiger partial charge in [0.25, 0.3) is 0 Å². The van der Waals surface area contributed by atoms with Crippen LogP contribution in [0.15, 0.2) is 24.4 Å². The van der Waals surface area contributed by atoms with Crippen LogP contribution >= 0.6 is 0 Å². The van der Waals surface area contributed by atoms with Crippen molar-refractivity contribution in [1.82, 2.24) is 15.0 Å². The zero-order chi connectivity index (χ0) is 15.5. The number of pyridine rings is 1. The second kappa shape index (κ2) is 6.07. The summed E-state index contributed by atoms with van der Waals surface area (Å²) in [6.45, 7) is 2.01. The fourth-order valence-corrected chi connectivity index (χ4v) is 1.80. The van der Waals surface area contributed by atoms with Crippen LogP contribution in [0.3, 0.4) is 0 Å². The van der Waals surface area contributed by atoms with Gasteiger partial charge < -0.3 is 5.32 Å². The van der Waals surface area contributed by atoms with Crippen molar-refractivity contribution in [1.29, 1.82) is 0 Å². The molecule has 0 saturated carbocycles. The lowest BCUT2D eigenvalue weighted by Crippen LogP contribution is -2.12. The lowest BCUT2D eigenvalue weighted by atomic mass is 10.1. The molecule has 0 spiro atoms. The molecular weight excluding hydrogens is 281 g/mol. The number of hydrogen-bond acceptors (Lipinski definition) is 4. The summed E-state index contributed by atoms with van der Waals surface area (Å²) in [6.07, 6.45) is -1.68. The first-order valence-electron chi connectivity index (χ1n) is 6.49. The first-order valence-corrected chi connectivity index (χ1v) is 6.49. The van der Waals surface area contributed by atoms with E-state index < -0.39 is 11.9 Å². The number of rotatable bonds is 4. The zero-order valence-corrected chi connectivity index (χ0v) is 11.7. The highest BCUT2D eigenvalue weighted by Crippen LogP contribution is 2.28. The van der Waals surface area contributed by atoms with Gasteiger partial charge in [-0.3, -0.25) is 4.98 Å². The van der Waals surface area contributed by atoms with Crippen LogP contribution in [0.1, 0.15) is 29.6 Å². The van der Waals surface area contributed by atoms with E-state index in [9.17, 15) is 13.2 Å². The SMILES string of the molecule is CCc1ccc(Cc2cc(C(F)(F)F)nc(NC)n2)nc1. The summed E-state index contributed by atoms with van der Waals surface area (Å²) in [7, 11) is 1.48. The Labute approximate surface area is 120 Å². The molecule has 0 aromatic carbocycles. The van der Waals surface area contributed by atoms with Gasteiger partial charge in [-0.05, 0) is 24.1 Å². The summed E-state index contributed by atoms with van der Waals surface area (Å²) in [4.78, 5) is 11.7. The van der Waals surface area contributed by atoms with Crippen LogP contribution in [-0.2, 0) is 19.0 Å². The van der Waals surface area contributed by atoms with Crippen molar-refractivity contribution in [3.8, 4) is 0 Å². The molecule has 2 heterocycles. The van der Waals surface area contributed by atoms with Gasteiger partial charge in [0.2, 0.25) is 5.95 Å². The molecule has 1 N–H and O–H groups in total. The number of hydrogen-bond donors (Lipinski definition) is 1. The molecule has 0 aliphatic carbocycles. The third kappa shape index (κ3) is 3.90. The van der Waals surface area contributed by atoms with Crippen molar-refractivity contribution >= 4 is 5.95 Å². The van der Waals surface area contributed by atoms with Crippen molar-refractivity contribution in [3.05, 3.63) is 47.0 Å². The standard InChI is InChI=1S/C14H15F3N4/c1-3-9-4-5-10(19-8-9)6-11-7-12(14(15,16)17)21-13(18-2)20-11/h4-5,7-8H,3,6H2,1-2H3,(H,18,20,21). The molecule has 21 heavy (non-hydrogen) atoms. The monoisotopic (exact) mass is 296 g/mol. The minimum atomic E-state index is -4.50. The quantitative estimate of drug-likeness (QED) is 0.942. The Hall–Kier alpha value is -2.18. The van der Waals surface area contributed by atoms with Crippen molar-refractivity contribution < 1.29 is 13.2 Å². The Bertz CT molecular complexity index is 609. The smallest absolute Gasteiger partial charge is 0.357 e. The van der Waals surface area contributed by atoms with E-state index in [4.69, 9.17) is 0 Å². The third-order valence-electron chi connectivity index (χ3n) is 2.95. The van der Waals surface area contributed by atoms with E-state index in [0.29, 0.717) is 5.69 Å². The molecule has 0 aliphatic heterocycles. The van der Waals surface area contributed by atoms with Crippen LogP contribution < -0.4 is 5.32 Å². The molecule has 0 aliphatic rings. The fraction of sp³-hybridized carbons (Fsp3) is 0.357. The molecule has 0 saturated heterocycles. The molecule has 0 fully saturated rings. The number of nitrogens with zero attached hydrogens (tertiary/aromatic N) is 3. The molecule has 7 heteroatoms. The molecule has 112 valence electrons. The number of aryl methyl sites for hydroxylation is 1. The van der Waals surface area contributed by atoms with E-state index >= 15 is 0 Å². The number of aromatic nitrogens is 3. The van der Waals surface area contributed by atoms with Gasteiger partial charge >= 0.3 is 6.18 Å². The average Bonchev–Trinajstić information content (AvgIpc) is 2.46. The van der Waals surface area contributed by atoms with Crippen LogP contribution in [0.4, 0.5) is 19.1 Å². The predicted octanol–water partition coefficient (Wildman–Crippen LogP) is 3.09. The lowest BCUT2D eigenvalue weighted by molar-refractivity contribution is -0.141. The molecule has 0 radical (unpaired) electrons. The van der Waals surface area contributed by atoms with Gasteiger partial charge in [0.1, 0.15) is 5.69 Å². The fourth-order valence-electron chi connectivity index (χ4n) is 1.80. The van der Waals surface area contributed by atoms with E-state index in [1.807, 2.05) is 13.0 Å². The highest BCUT2D eigenvalue weighted by molar-refractivity contribution is 5.30. The van der Waals surface area contributed by atoms with Gasteiger partial charge in [0.15, 0.2) is 0 Å². The van der Waals surface area contributed by atoms with Gasteiger partial charge in [-0.25, -0.2) is 9.97 Å². The molecule has 0 atom stereocenters. The van der Waals surface area contributed by atoms with Crippen LogP contribution in [0.5, 0.6) is 0 Å². The molecular formula is C14H15F3N4. The van der Waals surface area contributed by atoms with Gasteiger partial charge in [0.05, 0.1) is 5.69 Å². The van der Waals surface area contributed by atoms with Gasteiger partial charge in [-0.1, -0.05) is 13.0 Å². The topological polar surface area (TPSA) is 50.7 Å². The average molecular weight is 296 g/mol. The Kier molecular flexibility index (Phi) is 4.40. The molecule has 0 unspecified atom stereocenters. The summed E-state index contributed by atoms with van der Waals surface area (Å²) >= 11 is 0. The van der Waals surface area contributed by atoms with Crippen molar-refractivity contribution in [2.45, 2.75) is 25.9 Å². The maximum atomic E-state index is 12.8. The Morgan fingerprint density at radius 2 is 1.90 bits per heavy atom. The van der Waals surface area contributed by atoms with Crippen molar-refractivity contribution in [2.24, 2.45) is 0 Å². The predicted molar refractivity (Wildman–Crippen MR) is 73.0 cm³/mol. The number of alkyl halides is 3. The van der Waals surface area contributed by atoms with Gasteiger partial charge in [-0.2, -0.15) is 13.2 Å². The Morgan fingerprint density at radius 3 is 2.43 bits per heavy atom. The highest BCUT2D eigenvalue weighted by Gasteiger charge is 2.33. The van der Waals surface area contributed by atoms with Crippen molar-refractivity contribution in [3.63, 3.8) is 0 Å². The van der Waals surface area contributed by atoms with Crippen LogP contribution in [0, 0.1) is 0 Å². The van der Waals surface area contributed by atoms with E-state index in [1.54, 1.807) is 12.3 Å². The number of halogens is 3. The highest BCUT2D eigenvalue weighted by atomic mass is 19.4. The Morgan fingerprint density at radius 1 is 1.14 bits per heavy atom. The lowest BCUT2D eigenvalue weighted by Gasteiger charge is -2.10. The third-order valence-corrected chi connectivity index (χ3v) is 2.95. The molecule has 2 aromatic heterocycles. The summed E-state index contributed by atoms with van der Waals surface area (Å²) in [5.41, 5.74) is 1.06. The molecule has 4 nitrogen and oxygen atoms in total. The summed E-state index contributed by atoms with van der Waals surface area (Å²) in [5, 5.41) is 2.54. The van der Waals surface area contributed by atoms with Crippen LogP contribution in [-0.4, -0.2) is 22.0 Å². The summed E-state index contributed by atoms with van der Waals surface area (Å²) < 4.78 is 38.4. The normalized spacial score (nSPS) is 11.5. The maximum absolute atomic E-state index is 12.8. The molecule has 2 aromatic rings. The second-order valence-electron chi connectivity index (χ2n) is 4.50. The molecule has 0 amide bonds. The Balaban J connectivity index is 2.29. The second-order valence-corrected chi connectivity index (χ2v) is 4.50. The largest absolute Gasteiger partial charge is 0.433 e. The number of nitrogens with one attached hydrogen (secondary N) is 1. The van der Waals surface area contributed by atoms with Crippen molar-refractivity contribution in [2.75, 3.05) is 12.4 Å². The van der Waals surface area contributed by atoms with Crippen LogP contribution in [0.25, 0.3) is 0 Å². The molecule has 0 bridgehead atoms. The van der Waals surface area contributed by atoms with E-state index in [0.717, 1.165) is 18.1 Å². The van der Waals surface area contributed by atoms with E-state index in [-0.39, 0.29) is 18.1 Å². The first kappa shape index (κ1) is 15.2. The van der Waals surface area contributed by atoms with E-state index in [2.05, 4.69) is 20.3 Å². The van der Waals surface area contributed by atoms with Gasteiger partial charge in [-0.15, -0.1) is 0 Å². The number of anilines is 1. The first-order chi connectivity index (χ1) is 9.92. The maximum Gasteiger partial charge on any atom is 0.433 e. The minimum absolute atomic E-state index is 0.0509. The zero-order valence-electron chi connectivity index (χ0n) is 11.7. The van der Waals surface area contributed by atoms with E-state index in [1.165, 1.54) is 7.05 Å². The molecule has 2 rings (SSSR count). The van der Waals surface area contributed by atoms with Crippen LogP contribution in [0.2, 0.25) is 0 Å².